The zero-order valence-corrected chi connectivity index (χ0v) is 78.1. The molecular formula is C96H154N8O15S2. The third-order valence-corrected chi connectivity index (χ3v) is 40.1. The summed E-state index contributed by atoms with van der Waals surface area (Å²) in [6.07, 6.45) is 31.5. The smallest absolute Gasteiger partial charge is 0.320 e. The normalized spacial score (nSPS) is 32.4. The fraction of sp³-hybridized carbons (Fsp3) is 0.854. The van der Waals surface area contributed by atoms with Gasteiger partial charge in [-0.15, -0.1) is 13.2 Å². The van der Waals surface area contributed by atoms with Gasteiger partial charge in [0.1, 0.15) is 6.04 Å². The number of carbonyl (C=O) groups excluding carboxylic acids is 9. The van der Waals surface area contributed by atoms with E-state index in [0.717, 1.165) is 167 Å². The van der Waals surface area contributed by atoms with Crippen molar-refractivity contribution in [1.29, 1.82) is 0 Å². The number of nitrogens with one attached hydrogen (secondary N) is 3. The minimum atomic E-state index is -3.94. The van der Waals surface area contributed by atoms with Crippen LogP contribution < -0.4 is 20.5 Å². The topological polar surface area (TPSA) is 334 Å². The Labute approximate surface area is 725 Å². The van der Waals surface area contributed by atoms with Gasteiger partial charge in [0.05, 0.1) is 50.5 Å². The Bertz CT molecular complexity index is 4190. The Kier molecular flexibility index (Phi) is 27.5. The number of amides is 5. The Morgan fingerprint density at radius 1 is 0.479 bits per heavy atom. The molecule has 0 unspecified atom stereocenters. The number of carboxylic acid groups (broad SMARTS) is 1. The second-order valence-electron chi connectivity index (χ2n) is 44.2. The predicted molar refractivity (Wildman–Crippen MR) is 469 cm³/mol. The summed E-state index contributed by atoms with van der Waals surface area (Å²) >= 11 is 0. The molecule has 4 spiro atoms. The van der Waals surface area contributed by atoms with E-state index in [2.05, 4.69) is 67.4 Å². The van der Waals surface area contributed by atoms with Crippen molar-refractivity contribution in [3.63, 3.8) is 0 Å². The highest BCUT2D eigenvalue weighted by molar-refractivity contribution is 7.92. The Morgan fingerprint density at radius 2 is 0.851 bits per heavy atom. The van der Waals surface area contributed by atoms with Crippen molar-refractivity contribution in [2.75, 3.05) is 39.3 Å². The first kappa shape index (κ1) is 94.9. The van der Waals surface area contributed by atoms with E-state index < -0.39 is 105 Å². The molecular weight excluding hydrogens is 1570 g/mol. The van der Waals surface area contributed by atoms with Crippen LogP contribution in [0.5, 0.6) is 0 Å². The number of nitrogens with zero attached hydrogens (tertiary/aromatic N) is 4. The molecule has 121 heavy (non-hydrogen) atoms. The number of ketones is 4. The third-order valence-electron chi connectivity index (χ3n) is 35.7. The third kappa shape index (κ3) is 17.0. The quantitative estimate of drug-likeness (QED) is 0.0381. The maximum absolute atomic E-state index is 15.4. The Hall–Kier alpha value is -5.24. The molecule has 14 fully saturated rings. The second-order valence-corrected chi connectivity index (χ2v) is 48.3. The zero-order valence-electron chi connectivity index (χ0n) is 76.5. The lowest BCUT2D eigenvalue weighted by Crippen LogP contribution is -2.56. The Morgan fingerprint density at radius 3 is 1.17 bits per heavy atom. The van der Waals surface area contributed by atoms with Crippen molar-refractivity contribution in [3.05, 3.63) is 25.3 Å². The van der Waals surface area contributed by atoms with Crippen LogP contribution >= 0.6 is 0 Å². The highest BCUT2D eigenvalue weighted by Gasteiger charge is 2.87. The minimum absolute atomic E-state index is 0.0129. The van der Waals surface area contributed by atoms with Crippen LogP contribution in [-0.4, -0.2) is 185 Å². The monoisotopic (exact) mass is 1720 g/mol. The lowest BCUT2D eigenvalue weighted by Gasteiger charge is -2.38. The molecule has 0 aromatic heterocycles. The molecule has 14 atom stereocenters. The van der Waals surface area contributed by atoms with E-state index in [1.807, 2.05) is 67.2 Å². The van der Waals surface area contributed by atoms with Crippen molar-refractivity contribution in [3.8, 4) is 0 Å². The van der Waals surface area contributed by atoms with Gasteiger partial charge in [0.2, 0.25) is 49.6 Å². The number of hydrogen-bond acceptors (Lipinski definition) is 17. The van der Waals surface area contributed by atoms with Gasteiger partial charge in [0.25, 0.3) is 0 Å². The highest BCUT2D eigenvalue weighted by Crippen LogP contribution is 2.89. The minimum Gasteiger partial charge on any atom is -0.480 e. The molecule has 14 rings (SSSR count). The number of likely N-dealkylation sites (tertiary alicyclic amines) is 4. The lowest BCUT2D eigenvalue weighted by molar-refractivity contribution is -0.147. The first-order valence-corrected chi connectivity index (χ1v) is 50.6. The number of aliphatic carboxylic acids is 1. The van der Waals surface area contributed by atoms with Crippen LogP contribution in [0.15, 0.2) is 25.3 Å². The number of sulfonamides is 2. The van der Waals surface area contributed by atoms with Crippen LogP contribution in [0.25, 0.3) is 0 Å². The van der Waals surface area contributed by atoms with Crippen LogP contribution in [0.2, 0.25) is 0 Å². The van der Waals surface area contributed by atoms with Crippen LogP contribution in [-0.2, 0) is 68.0 Å². The number of Topliss-reactive ketones (excluding diaryl/α,β-unsaturated/α-hetero) is 4. The number of allylic oxidation sites excluding steroid dienone is 2. The summed E-state index contributed by atoms with van der Waals surface area (Å²) in [4.78, 5) is 149. The van der Waals surface area contributed by atoms with Crippen LogP contribution in [0.4, 0.5) is 0 Å². The van der Waals surface area contributed by atoms with E-state index in [4.69, 9.17) is 10.8 Å². The van der Waals surface area contributed by atoms with Gasteiger partial charge in [0.15, 0.2) is 23.1 Å². The largest absolute Gasteiger partial charge is 0.480 e. The molecule has 680 valence electrons. The summed E-state index contributed by atoms with van der Waals surface area (Å²) < 4.78 is 57.0. The van der Waals surface area contributed by atoms with Gasteiger partial charge in [-0.3, -0.25) is 67.2 Å². The first-order chi connectivity index (χ1) is 56.7. The van der Waals surface area contributed by atoms with E-state index in [1.54, 1.807) is 22.0 Å². The van der Waals surface area contributed by atoms with Crippen LogP contribution in [0, 0.1) is 89.7 Å². The molecule has 0 bridgehead atoms. The van der Waals surface area contributed by atoms with Gasteiger partial charge in [-0.2, -0.15) is 0 Å². The zero-order chi connectivity index (χ0) is 88.7. The number of likely N-dealkylation sites (N-methyl/N-ethyl adjacent to an activating group) is 2. The molecule has 5 amide bonds. The molecule has 4 heterocycles. The number of carboxylic acids is 1. The summed E-state index contributed by atoms with van der Waals surface area (Å²) in [7, 11) is -7.85. The summed E-state index contributed by atoms with van der Waals surface area (Å²) in [5.41, 5.74) is 2.45. The molecule has 14 aliphatic rings. The fourth-order valence-corrected chi connectivity index (χ4v) is 30.0. The maximum Gasteiger partial charge on any atom is 0.320 e. The number of rotatable bonds is 33. The van der Waals surface area contributed by atoms with Gasteiger partial charge in [-0.05, 0) is 224 Å². The summed E-state index contributed by atoms with van der Waals surface area (Å²) in [5, 5.41) is 12.1. The second kappa shape index (κ2) is 35.1. The van der Waals surface area contributed by atoms with E-state index in [9.17, 15) is 60.0 Å². The average molecular weight is 1720 g/mol. The fourth-order valence-electron chi connectivity index (χ4n) is 26.5. The lowest BCUT2D eigenvalue weighted by atomic mass is 9.73. The van der Waals surface area contributed by atoms with Gasteiger partial charge < -0.3 is 26.0 Å². The SMILES string of the molecule is C=C[C@@H]1C[C@]1(CC(=O)[C@@H]1C[C@@]2(CN1C(=O)[C@@H](CC(=O)[C@@H](N)C1CCCCC1)C(C)(C)C)C(C)(C)C21CCC1)C(=O)NS(=O)(=O)C1(CCC)CC1.C=C[C@@H]1C[C@]1(CC(=O)[C@@H]1C[C@@]2(CN1C(=O)[C@@H](CC(=O)[C@@H](NC(=O)[C@@H]1CCCCN1CC)C1CCCCC1)C(C)(C)C)C(C)(C)C21CCC1)C(=O)NS(=O)(=O)C1(CCC)CC1.CCN1CCCC[C@H]1C(=O)O. The number of nitrogens with two attached hydrogens (primary N) is 1. The molecule has 25 heteroatoms. The van der Waals surface area contributed by atoms with Gasteiger partial charge in [0, 0.05) is 61.4 Å². The number of carbonyl (C=O) groups is 10. The Balaban J connectivity index is 0.000000199. The van der Waals surface area contributed by atoms with Crippen LogP contribution in [0.1, 0.15) is 341 Å². The van der Waals surface area contributed by atoms with Gasteiger partial charge >= 0.3 is 5.97 Å². The maximum atomic E-state index is 15.4. The van der Waals surface area contributed by atoms with Gasteiger partial charge in [-0.25, -0.2) is 16.8 Å². The molecule has 0 radical (unpaired) electrons. The van der Waals surface area contributed by atoms with Crippen molar-refractivity contribution in [2.24, 2.45) is 95.4 Å². The van der Waals surface area contributed by atoms with E-state index in [0.29, 0.717) is 90.1 Å². The molecule has 0 aromatic carbocycles. The van der Waals surface area contributed by atoms with Crippen LogP contribution in [0.3, 0.4) is 0 Å². The molecule has 0 aromatic rings. The van der Waals surface area contributed by atoms with Crippen molar-refractivity contribution < 1.29 is 69.9 Å². The van der Waals surface area contributed by atoms with E-state index in [-0.39, 0.29) is 135 Å². The molecule has 10 saturated carbocycles. The summed E-state index contributed by atoms with van der Waals surface area (Å²) in [6, 6.07) is -3.28. The predicted octanol–water partition coefficient (Wildman–Crippen LogP) is 14.5. The molecule has 4 saturated heterocycles. The average Bonchev–Trinajstić information content (AvgIpc) is 1.45. The van der Waals surface area contributed by atoms with Crippen molar-refractivity contribution in [2.45, 2.75) is 387 Å². The van der Waals surface area contributed by atoms with Crippen molar-refractivity contribution in [1.82, 2.24) is 34.4 Å². The molecule has 4 aliphatic heterocycles. The first-order valence-electron chi connectivity index (χ1n) is 47.6. The molecule has 23 nitrogen and oxygen atoms in total. The summed E-state index contributed by atoms with van der Waals surface area (Å²) in [5.74, 6) is -4.91. The molecule has 6 N–H and O–H groups in total. The molecule has 10 aliphatic carbocycles. The number of piperidine rings is 2. The summed E-state index contributed by atoms with van der Waals surface area (Å²) in [6.45, 7) is 41.1. The number of fused-ring (bicyclic) bond motifs is 2. The standard InChI is InChI=1S/C48H76N4O7S.C40H63N3O6S.C8H15NO2/c1-9-21-45(24-25-45)60(58,59)50-42(57)46(28-33(46)10-2)30-38(54)36-29-48(44(7,8)47(48)22-17-23-47)31-52(36)41(56)34(43(4,5)6)27-37(53)39(32-18-13-12-14-19-32)49-40(55)35-20-15-16-26-51(35)11-3;1-8-16-37(19-20-37)50(48,49)42-34(47)38(22-27(38)9-2)24-31(45)29-23-40(36(6,7)39(40)17-13-18-39)25-43(29)33(46)28(35(3,4)5)21-30(44)32(41)26-14-11-10-12-15-26;1-2-9-6-4-3-5-7(9)8(10)11/h10,32-36,39H,2,9,11-31H2,1,3-8H3,(H,49,55)(H,50,57);9,26-29,32H,2,8,10-25,41H2,1,3-7H3,(H,42,47);7H,2-6H2,1H3,(H,10,11)/t33-,34-,35+,36+,39+,46-,48-;27-,28-,29+,32+,38-,40-;7-/m110/s1. The highest BCUT2D eigenvalue weighted by atomic mass is 32.2. The van der Waals surface area contributed by atoms with E-state index >= 15 is 4.79 Å². The van der Waals surface area contributed by atoms with E-state index in [1.165, 1.54) is 0 Å². The van der Waals surface area contributed by atoms with Gasteiger partial charge in [-0.1, -0.05) is 186 Å². The number of hydrogen-bond donors (Lipinski definition) is 5. The van der Waals surface area contributed by atoms with Crippen molar-refractivity contribution >= 4 is 78.7 Å².